The average Bonchev–Trinajstić information content (AvgIpc) is 2.17. The van der Waals surface area contributed by atoms with Gasteiger partial charge in [0.05, 0.1) is 0 Å². The summed E-state index contributed by atoms with van der Waals surface area (Å²) < 4.78 is 0. The third kappa shape index (κ3) is 5.10. The molecule has 0 aliphatic carbocycles. The summed E-state index contributed by atoms with van der Waals surface area (Å²) in [6, 6.07) is 0.363. The van der Waals surface area contributed by atoms with Gasteiger partial charge in [-0.1, -0.05) is 20.8 Å². The predicted molar refractivity (Wildman–Crippen MR) is 60.4 cm³/mol. The Morgan fingerprint density at radius 3 is 2.07 bits per heavy atom. The summed E-state index contributed by atoms with van der Waals surface area (Å²) in [4.78, 5) is 13.6. The fraction of sp³-hybridized carbons (Fsp3) is 0.909. The van der Waals surface area contributed by atoms with Crippen LogP contribution in [-0.2, 0) is 0 Å². The van der Waals surface area contributed by atoms with Gasteiger partial charge in [0.15, 0.2) is 0 Å². The molecule has 2 amide bonds. The van der Waals surface area contributed by atoms with Gasteiger partial charge in [0.25, 0.3) is 0 Å². The number of rotatable bonds is 6. The van der Waals surface area contributed by atoms with E-state index < -0.39 is 0 Å². The quantitative estimate of drug-likeness (QED) is 0.702. The van der Waals surface area contributed by atoms with Crippen LogP contribution in [0.2, 0.25) is 0 Å². The molecule has 3 heteroatoms. The smallest absolute Gasteiger partial charge is 0.317 e. The molecule has 0 aliphatic rings. The zero-order chi connectivity index (χ0) is 11.0. The molecule has 84 valence electrons. The number of hydrogen-bond acceptors (Lipinski definition) is 1. The minimum atomic E-state index is 0.0862. The van der Waals surface area contributed by atoms with Gasteiger partial charge in [-0.2, -0.15) is 0 Å². The van der Waals surface area contributed by atoms with Crippen LogP contribution in [-0.4, -0.2) is 30.1 Å². The van der Waals surface area contributed by atoms with E-state index in [9.17, 15) is 4.79 Å². The topological polar surface area (TPSA) is 32.3 Å². The Bertz CT molecular complexity index is 153. The number of carbonyl (C=O) groups excluding carboxylic acids is 1. The molecule has 3 nitrogen and oxygen atoms in total. The lowest BCUT2D eigenvalue weighted by molar-refractivity contribution is 0.194. The summed E-state index contributed by atoms with van der Waals surface area (Å²) >= 11 is 0. The Morgan fingerprint density at radius 1 is 1.21 bits per heavy atom. The molecule has 0 aliphatic heterocycles. The number of urea groups is 1. The molecule has 1 N–H and O–H groups in total. The van der Waals surface area contributed by atoms with Crippen LogP contribution in [0.15, 0.2) is 0 Å². The van der Waals surface area contributed by atoms with Crippen molar-refractivity contribution in [2.24, 2.45) is 0 Å². The van der Waals surface area contributed by atoms with Gasteiger partial charge in [-0.15, -0.1) is 0 Å². The van der Waals surface area contributed by atoms with E-state index in [0.717, 1.165) is 32.4 Å². The van der Waals surface area contributed by atoms with Crippen LogP contribution >= 0.6 is 0 Å². The summed E-state index contributed by atoms with van der Waals surface area (Å²) in [5, 5.41) is 2.99. The summed E-state index contributed by atoms with van der Waals surface area (Å²) in [5.74, 6) is 0. The first kappa shape index (κ1) is 13.3. The molecule has 1 unspecified atom stereocenters. The van der Waals surface area contributed by atoms with E-state index in [-0.39, 0.29) is 12.1 Å². The molecule has 0 aromatic rings. The maximum absolute atomic E-state index is 11.7. The van der Waals surface area contributed by atoms with Crippen molar-refractivity contribution in [2.45, 2.75) is 53.0 Å². The molecule has 0 spiro atoms. The third-order valence-corrected chi connectivity index (χ3v) is 2.26. The molecular formula is C11H24N2O. The maximum Gasteiger partial charge on any atom is 0.317 e. The SMILES string of the molecule is CCCN(CCC)C(=O)NC(C)CC. The van der Waals surface area contributed by atoms with Crippen LogP contribution in [0, 0.1) is 0 Å². The third-order valence-electron chi connectivity index (χ3n) is 2.26. The predicted octanol–water partition coefficient (Wildman–Crippen LogP) is 2.62. The second kappa shape index (κ2) is 7.65. The van der Waals surface area contributed by atoms with Gasteiger partial charge in [0.2, 0.25) is 0 Å². The maximum atomic E-state index is 11.7. The van der Waals surface area contributed by atoms with Crippen molar-refractivity contribution in [1.29, 1.82) is 0 Å². The van der Waals surface area contributed by atoms with Crippen molar-refractivity contribution in [2.75, 3.05) is 13.1 Å². The van der Waals surface area contributed by atoms with Crippen LogP contribution in [0.3, 0.4) is 0 Å². The highest BCUT2D eigenvalue weighted by atomic mass is 16.2. The number of hydrogen-bond donors (Lipinski definition) is 1. The van der Waals surface area contributed by atoms with Crippen molar-refractivity contribution in [3.05, 3.63) is 0 Å². The van der Waals surface area contributed by atoms with Crippen molar-refractivity contribution in [3.8, 4) is 0 Å². The normalized spacial score (nSPS) is 12.3. The molecule has 0 heterocycles. The summed E-state index contributed by atoms with van der Waals surface area (Å²) in [5.41, 5.74) is 0. The van der Waals surface area contributed by atoms with Gasteiger partial charge < -0.3 is 10.2 Å². The lowest BCUT2D eigenvalue weighted by Crippen LogP contribution is -2.44. The highest BCUT2D eigenvalue weighted by molar-refractivity contribution is 5.74. The van der Waals surface area contributed by atoms with Gasteiger partial charge in [0.1, 0.15) is 0 Å². The molecule has 0 saturated heterocycles. The van der Waals surface area contributed by atoms with E-state index in [0.29, 0.717) is 0 Å². The average molecular weight is 200 g/mol. The van der Waals surface area contributed by atoms with Gasteiger partial charge in [-0.3, -0.25) is 0 Å². The number of carbonyl (C=O) groups is 1. The highest BCUT2D eigenvalue weighted by Gasteiger charge is 2.12. The first-order chi connectivity index (χ1) is 6.65. The summed E-state index contributed by atoms with van der Waals surface area (Å²) in [6.07, 6.45) is 3.03. The molecule has 0 aromatic heterocycles. The van der Waals surface area contributed by atoms with E-state index >= 15 is 0 Å². The van der Waals surface area contributed by atoms with E-state index in [1.807, 2.05) is 11.8 Å². The summed E-state index contributed by atoms with van der Waals surface area (Å²) in [6.45, 7) is 10.0. The fourth-order valence-electron chi connectivity index (χ4n) is 1.26. The molecule has 0 radical (unpaired) electrons. The fourth-order valence-corrected chi connectivity index (χ4v) is 1.26. The Kier molecular flexibility index (Phi) is 7.25. The molecule has 0 bridgehead atoms. The van der Waals surface area contributed by atoms with Crippen LogP contribution in [0.4, 0.5) is 4.79 Å². The first-order valence-corrected chi connectivity index (χ1v) is 5.71. The lowest BCUT2D eigenvalue weighted by atomic mass is 10.3. The second-order valence-electron chi connectivity index (χ2n) is 3.75. The van der Waals surface area contributed by atoms with E-state index in [2.05, 4.69) is 26.1 Å². The van der Waals surface area contributed by atoms with Gasteiger partial charge in [-0.05, 0) is 26.2 Å². The van der Waals surface area contributed by atoms with Gasteiger partial charge >= 0.3 is 6.03 Å². The Hall–Kier alpha value is -0.730. The Morgan fingerprint density at radius 2 is 1.71 bits per heavy atom. The van der Waals surface area contributed by atoms with Crippen molar-refractivity contribution in [1.82, 2.24) is 10.2 Å². The van der Waals surface area contributed by atoms with Gasteiger partial charge in [-0.25, -0.2) is 4.79 Å². The van der Waals surface area contributed by atoms with Crippen LogP contribution in [0.25, 0.3) is 0 Å². The van der Waals surface area contributed by atoms with Crippen LogP contribution < -0.4 is 5.32 Å². The van der Waals surface area contributed by atoms with Crippen molar-refractivity contribution in [3.63, 3.8) is 0 Å². The minimum Gasteiger partial charge on any atom is -0.336 e. The molecule has 0 rings (SSSR count). The highest BCUT2D eigenvalue weighted by Crippen LogP contribution is 1.97. The number of nitrogens with zero attached hydrogens (tertiary/aromatic N) is 1. The Labute approximate surface area is 87.9 Å². The monoisotopic (exact) mass is 200 g/mol. The zero-order valence-corrected chi connectivity index (χ0v) is 9.97. The van der Waals surface area contributed by atoms with E-state index in [1.54, 1.807) is 0 Å². The van der Waals surface area contributed by atoms with Crippen molar-refractivity contribution >= 4 is 6.03 Å². The first-order valence-electron chi connectivity index (χ1n) is 5.71. The molecule has 0 aromatic carbocycles. The standard InChI is InChI=1S/C11H24N2O/c1-5-8-13(9-6-2)11(14)12-10(4)7-3/h10H,5-9H2,1-4H3,(H,12,14). The minimum absolute atomic E-state index is 0.0862. The molecule has 14 heavy (non-hydrogen) atoms. The number of amides is 2. The lowest BCUT2D eigenvalue weighted by Gasteiger charge is -2.23. The molecular weight excluding hydrogens is 176 g/mol. The second-order valence-corrected chi connectivity index (χ2v) is 3.75. The van der Waals surface area contributed by atoms with Crippen molar-refractivity contribution < 1.29 is 4.79 Å². The van der Waals surface area contributed by atoms with Crippen LogP contribution in [0.1, 0.15) is 47.0 Å². The largest absolute Gasteiger partial charge is 0.336 e. The zero-order valence-electron chi connectivity index (χ0n) is 9.97. The molecule has 0 saturated carbocycles. The van der Waals surface area contributed by atoms with E-state index in [1.165, 1.54) is 0 Å². The number of nitrogens with one attached hydrogen (secondary N) is 1. The Balaban J connectivity index is 4.00. The summed E-state index contributed by atoms with van der Waals surface area (Å²) in [7, 11) is 0. The van der Waals surface area contributed by atoms with Gasteiger partial charge in [0, 0.05) is 19.1 Å². The molecule has 0 fully saturated rings. The molecule has 1 atom stereocenters. The van der Waals surface area contributed by atoms with Crippen LogP contribution in [0.5, 0.6) is 0 Å². The van der Waals surface area contributed by atoms with E-state index in [4.69, 9.17) is 0 Å².